The van der Waals surface area contributed by atoms with Crippen molar-refractivity contribution in [3.63, 3.8) is 0 Å². The highest BCUT2D eigenvalue weighted by Crippen LogP contribution is 2.31. The Balaban J connectivity index is 1.99. The quantitative estimate of drug-likeness (QED) is 0.766. The van der Waals surface area contributed by atoms with E-state index < -0.39 is 0 Å². The maximum Gasteiger partial charge on any atom is 0.220 e. The molecular weight excluding hydrogens is 304 g/mol. The van der Waals surface area contributed by atoms with Crippen LogP contribution in [0.15, 0.2) is 18.2 Å². The summed E-state index contributed by atoms with van der Waals surface area (Å²) in [5, 5.41) is 3.07. The summed E-state index contributed by atoms with van der Waals surface area (Å²) in [5.74, 6) is 1.84. The molecule has 1 amide bonds. The Kier molecular flexibility index (Phi) is 6.91. The number of rotatable bonds is 8. The van der Waals surface area contributed by atoms with Gasteiger partial charge in [-0.1, -0.05) is 12.5 Å². The number of nitrogens with one attached hydrogen (secondary N) is 1. The second kappa shape index (κ2) is 8.92. The summed E-state index contributed by atoms with van der Waals surface area (Å²) in [6.45, 7) is 7.04. The summed E-state index contributed by atoms with van der Waals surface area (Å²) in [6.07, 6.45) is 3.73. The van der Waals surface area contributed by atoms with E-state index in [1.807, 2.05) is 39.0 Å². The zero-order valence-electron chi connectivity index (χ0n) is 15.0. The Morgan fingerprint density at radius 3 is 2.58 bits per heavy atom. The lowest BCUT2D eigenvalue weighted by Crippen LogP contribution is -2.32. The van der Waals surface area contributed by atoms with Crippen molar-refractivity contribution in [2.75, 3.05) is 13.2 Å². The Labute approximate surface area is 144 Å². The van der Waals surface area contributed by atoms with Crippen LogP contribution in [0.4, 0.5) is 0 Å². The summed E-state index contributed by atoms with van der Waals surface area (Å²) in [5.41, 5.74) is 7.06. The highest BCUT2D eigenvalue weighted by Gasteiger charge is 2.26. The van der Waals surface area contributed by atoms with Crippen LogP contribution in [-0.4, -0.2) is 25.2 Å². The van der Waals surface area contributed by atoms with E-state index in [4.69, 9.17) is 15.2 Å². The molecule has 1 aromatic carbocycles. The summed E-state index contributed by atoms with van der Waals surface area (Å²) >= 11 is 0. The zero-order chi connectivity index (χ0) is 17.5. The van der Waals surface area contributed by atoms with E-state index >= 15 is 0 Å². The van der Waals surface area contributed by atoms with Crippen LogP contribution >= 0.6 is 0 Å². The third-order valence-electron chi connectivity index (χ3n) is 4.61. The second-order valence-corrected chi connectivity index (χ2v) is 6.42. The highest BCUT2D eigenvalue weighted by atomic mass is 16.5. The molecule has 134 valence electrons. The molecule has 0 saturated heterocycles. The number of amides is 1. The fraction of sp³-hybridized carbons (Fsp3) is 0.632. The first-order valence-electron chi connectivity index (χ1n) is 8.99. The molecule has 3 atom stereocenters. The molecule has 0 aliphatic heterocycles. The molecule has 0 bridgehead atoms. The molecule has 1 fully saturated rings. The SMILES string of the molecule is CCOc1ccc(C(C)NC(=O)C[C@@H]2CCC[C@H]2N)cc1OCC. The fourth-order valence-corrected chi connectivity index (χ4v) is 3.28. The standard InChI is InChI=1S/C19H30N2O3/c1-4-23-17-10-9-14(11-18(17)24-5-2)13(3)21-19(22)12-15-7-6-8-16(15)20/h9-11,13,15-16H,4-8,12,20H2,1-3H3,(H,21,22)/t13?,15-,16+/m0/s1. The molecule has 1 aliphatic carbocycles. The summed E-state index contributed by atoms with van der Waals surface area (Å²) in [4.78, 5) is 12.3. The minimum atomic E-state index is -0.0787. The van der Waals surface area contributed by atoms with Crippen LogP contribution < -0.4 is 20.5 Å². The normalized spacial score (nSPS) is 21.3. The summed E-state index contributed by atoms with van der Waals surface area (Å²) < 4.78 is 11.2. The molecule has 5 heteroatoms. The van der Waals surface area contributed by atoms with Crippen LogP contribution in [0.5, 0.6) is 11.5 Å². The van der Waals surface area contributed by atoms with E-state index in [0.717, 1.165) is 36.3 Å². The van der Waals surface area contributed by atoms with Crippen molar-refractivity contribution >= 4 is 5.91 Å². The molecule has 2 rings (SSSR count). The first-order valence-corrected chi connectivity index (χ1v) is 8.99. The maximum atomic E-state index is 12.3. The Morgan fingerprint density at radius 1 is 1.25 bits per heavy atom. The van der Waals surface area contributed by atoms with Gasteiger partial charge in [0.1, 0.15) is 0 Å². The Bertz CT molecular complexity index is 547. The lowest BCUT2D eigenvalue weighted by molar-refractivity contribution is -0.122. The number of ether oxygens (including phenoxy) is 2. The lowest BCUT2D eigenvalue weighted by Gasteiger charge is -2.19. The number of carbonyl (C=O) groups excluding carboxylic acids is 1. The van der Waals surface area contributed by atoms with Gasteiger partial charge in [-0.05, 0) is 57.2 Å². The van der Waals surface area contributed by atoms with Crippen molar-refractivity contribution in [1.29, 1.82) is 0 Å². The fourth-order valence-electron chi connectivity index (χ4n) is 3.28. The average molecular weight is 334 g/mol. The molecule has 3 N–H and O–H groups in total. The number of hydrogen-bond donors (Lipinski definition) is 2. The van der Waals surface area contributed by atoms with E-state index in [9.17, 15) is 4.79 Å². The molecule has 0 heterocycles. The first kappa shape index (κ1) is 18.6. The third kappa shape index (κ3) is 4.87. The topological polar surface area (TPSA) is 73.6 Å². The van der Waals surface area contributed by atoms with Crippen molar-refractivity contribution < 1.29 is 14.3 Å². The highest BCUT2D eigenvalue weighted by molar-refractivity contribution is 5.76. The van der Waals surface area contributed by atoms with E-state index in [-0.39, 0.29) is 18.0 Å². The molecule has 0 radical (unpaired) electrons. The van der Waals surface area contributed by atoms with E-state index in [2.05, 4.69) is 5.32 Å². The van der Waals surface area contributed by atoms with Gasteiger partial charge in [-0.2, -0.15) is 0 Å². The van der Waals surface area contributed by atoms with Gasteiger partial charge in [0.05, 0.1) is 19.3 Å². The van der Waals surface area contributed by atoms with Gasteiger partial charge in [-0.3, -0.25) is 4.79 Å². The van der Waals surface area contributed by atoms with Gasteiger partial charge in [0.2, 0.25) is 5.91 Å². The number of nitrogens with two attached hydrogens (primary N) is 1. The van der Waals surface area contributed by atoms with Crippen molar-refractivity contribution in [2.45, 2.75) is 58.5 Å². The first-order chi connectivity index (χ1) is 11.5. The van der Waals surface area contributed by atoms with Crippen LogP contribution in [-0.2, 0) is 4.79 Å². The van der Waals surface area contributed by atoms with Crippen LogP contribution in [0.1, 0.15) is 58.1 Å². The molecule has 24 heavy (non-hydrogen) atoms. The zero-order valence-corrected chi connectivity index (χ0v) is 15.0. The predicted octanol–water partition coefficient (Wildman–Crippen LogP) is 3.18. The van der Waals surface area contributed by atoms with Gasteiger partial charge in [0.25, 0.3) is 0 Å². The van der Waals surface area contributed by atoms with Crippen LogP contribution in [0.2, 0.25) is 0 Å². The minimum absolute atomic E-state index is 0.0664. The minimum Gasteiger partial charge on any atom is -0.490 e. The van der Waals surface area contributed by atoms with Crippen molar-refractivity contribution in [1.82, 2.24) is 5.32 Å². The Morgan fingerprint density at radius 2 is 1.96 bits per heavy atom. The molecule has 0 spiro atoms. The van der Waals surface area contributed by atoms with Gasteiger partial charge in [-0.25, -0.2) is 0 Å². The predicted molar refractivity (Wildman–Crippen MR) is 95.3 cm³/mol. The number of benzene rings is 1. The van der Waals surface area contributed by atoms with Gasteiger partial charge in [-0.15, -0.1) is 0 Å². The van der Waals surface area contributed by atoms with E-state index in [1.165, 1.54) is 0 Å². The van der Waals surface area contributed by atoms with Gasteiger partial charge >= 0.3 is 0 Å². The monoisotopic (exact) mass is 334 g/mol. The van der Waals surface area contributed by atoms with Gasteiger partial charge in [0, 0.05) is 12.5 Å². The molecule has 1 aromatic rings. The van der Waals surface area contributed by atoms with Crippen molar-refractivity contribution in [3.8, 4) is 11.5 Å². The number of carbonyl (C=O) groups is 1. The van der Waals surface area contributed by atoms with Crippen molar-refractivity contribution in [2.24, 2.45) is 11.7 Å². The largest absolute Gasteiger partial charge is 0.490 e. The molecule has 5 nitrogen and oxygen atoms in total. The third-order valence-corrected chi connectivity index (χ3v) is 4.61. The van der Waals surface area contributed by atoms with Crippen LogP contribution in [0.3, 0.4) is 0 Å². The molecule has 1 aliphatic rings. The maximum absolute atomic E-state index is 12.3. The average Bonchev–Trinajstić information content (AvgIpc) is 2.94. The van der Waals surface area contributed by atoms with Crippen LogP contribution in [0.25, 0.3) is 0 Å². The smallest absolute Gasteiger partial charge is 0.220 e. The van der Waals surface area contributed by atoms with Crippen LogP contribution in [0, 0.1) is 5.92 Å². The van der Waals surface area contributed by atoms with E-state index in [1.54, 1.807) is 0 Å². The molecule has 1 saturated carbocycles. The number of hydrogen-bond acceptors (Lipinski definition) is 4. The van der Waals surface area contributed by atoms with Gasteiger partial charge in [0.15, 0.2) is 11.5 Å². The Hall–Kier alpha value is -1.75. The summed E-state index contributed by atoms with van der Waals surface area (Å²) in [7, 11) is 0. The summed E-state index contributed by atoms with van der Waals surface area (Å²) in [6, 6.07) is 5.91. The van der Waals surface area contributed by atoms with Crippen molar-refractivity contribution in [3.05, 3.63) is 23.8 Å². The lowest BCUT2D eigenvalue weighted by atomic mass is 9.99. The van der Waals surface area contributed by atoms with E-state index in [0.29, 0.717) is 25.6 Å². The van der Waals surface area contributed by atoms with Gasteiger partial charge < -0.3 is 20.5 Å². The molecule has 1 unspecified atom stereocenters. The molecular formula is C19H30N2O3. The molecule has 0 aromatic heterocycles. The second-order valence-electron chi connectivity index (χ2n) is 6.42.